The highest BCUT2D eigenvalue weighted by molar-refractivity contribution is 7.83. The standard InChI is InChI=1S/C19H24N2O2S/c1-15(2)12-20-19(22)21-18-10-6-9-17(11-18)14-24(23)13-16-7-4-3-5-8-16/h3-11,15H,12-14H2,1-2H3,(H2,20,21,22)/t24-/m0/s1. The molecule has 1 atom stereocenters. The van der Waals surface area contributed by atoms with Gasteiger partial charge in [-0.25, -0.2) is 4.79 Å². The van der Waals surface area contributed by atoms with Crippen molar-refractivity contribution in [3.05, 3.63) is 65.7 Å². The van der Waals surface area contributed by atoms with Gasteiger partial charge in [0.05, 0.1) is 0 Å². The molecule has 2 amide bonds. The molecule has 0 bridgehead atoms. The predicted molar refractivity (Wildman–Crippen MR) is 100 cm³/mol. The molecule has 0 saturated carbocycles. The molecule has 128 valence electrons. The molecule has 0 radical (unpaired) electrons. The summed E-state index contributed by atoms with van der Waals surface area (Å²) in [6.45, 7) is 4.72. The molecule has 0 unspecified atom stereocenters. The smallest absolute Gasteiger partial charge is 0.319 e. The van der Waals surface area contributed by atoms with Crippen molar-refractivity contribution in [3.63, 3.8) is 0 Å². The summed E-state index contributed by atoms with van der Waals surface area (Å²) in [4.78, 5) is 11.8. The summed E-state index contributed by atoms with van der Waals surface area (Å²) in [5.74, 6) is 1.41. The van der Waals surface area contributed by atoms with Crippen molar-refractivity contribution < 1.29 is 9.00 Å². The minimum Gasteiger partial charge on any atom is -0.338 e. The molecule has 0 saturated heterocycles. The Kier molecular flexibility index (Phi) is 7.00. The lowest BCUT2D eigenvalue weighted by Crippen LogP contribution is -2.31. The molecular formula is C19H24N2O2S. The second kappa shape index (κ2) is 9.23. The van der Waals surface area contributed by atoms with E-state index in [0.29, 0.717) is 29.7 Å². The van der Waals surface area contributed by atoms with E-state index in [1.54, 1.807) is 0 Å². The lowest BCUT2D eigenvalue weighted by Gasteiger charge is -2.10. The van der Waals surface area contributed by atoms with Gasteiger partial charge in [-0.3, -0.25) is 4.21 Å². The number of amides is 2. The van der Waals surface area contributed by atoms with Crippen LogP contribution in [0.25, 0.3) is 0 Å². The van der Waals surface area contributed by atoms with Crippen LogP contribution in [0.1, 0.15) is 25.0 Å². The van der Waals surface area contributed by atoms with Crippen molar-refractivity contribution in [3.8, 4) is 0 Å². The van der Waals surface area contributed by atoms with E-state index in [0.717, 1.165) is 11.1 Å². The van der Waals surface area contributed by atoms with Gasteiger partial charge in [-0.1, -0.05) is 56.3 Å². The fourth-order valence-electron chi connectivity index (χ4n) is 2.21. The zero-order valence-electron chi connectivity index (χ0n) is 14.1. The molecule has 2 aromatic carbocycles. The first-order valence-corrected chi connectivity index (χ1v) is 9.54. The van der Waals surface area contributed by atoms with Crippen molar-refractivity contribution in [1.29, 1.82) is 0 Å². The van der Waals surface area contributed by atoms with Gasteiger partial charge in [0.25, 0.3) is 0 Å². The maximum absolute atomic E-state index is 12.3. The Morgan fingerprint density at radius 2 is 1.67 bits per heavy atom. The molecular weight excluding hydrogens is 320 g/mol. The quantitative estimate of drug-likeness (QED) is 0.800. The fraction of sp³-hybridized carbons (Fsp3) is 0.316. The minimum absolute atomic E-state index is 0.216. The second-order valence-corrected chi connectivity index (χ2v) is 7.60. The Morgan fingerprint density at radius 1 is 1.00 bits per heavy atom. The first-order chi connectivity index (χ1) is 11.5. The summed E-state index contributed by atoms with van der Waals surface area (Å²) in [6.07, 6.45) is 0. The minimum atomic E-state index is -0.981. The number of rotatable bonds is 7. The van der Waals surface area contributed by atoms with Crippen LogP contribution in [0.15, 0.2) is 54.6 Å². The van der Waals surface area contributed by atoms with Gasteiger partial charge < -0.3 is 10.6 Å². The Hall–Kier alpha value is -2.14. The molecule has 0 aliphatic heterocycles. The van der Waals surface area contributed by atoms with E-state index in [9.17, 15) is 9.00 Å². The van der Waals surface area contributed by atoms with Gasteiger partial charge in [0.2, 0.25) is 0 Å². The SMILES string of the molecule is CC(C)CNC(=O)Nc1cccc(C[S@@](=O)Cc2ccccc2)c1. The average Bonchev–Trinajstić information content (AvgIpc) is 2.54. The monoisotopic (exact) mass is 344 g/mol. The van der Waals surface area contributed by atoms with Crippen molar-refractivity contribution in [1.82, 2.24) is 5.32 Å². The van der Waals surface area contributed by atoms with Gasteiger partial charge in [0.15, 0.2) is 0 Å². The van der Waals surface area contributed by atoms with Crippen LogP contribution in [0.4, 0.5) is 10.5 Å². The summed E-state index contributed by atoms with van der Waals surface area (Å²) in [5.41, 5.74) is 2.73. The number of carbonyl (C=O) groups is 1. The first kappa shape index (κ1) is 18.2. The van der Waals surface area contributed by atoms with Crippen LogP contribution < -0.4 is 10.6 Å². The molecule has 24 heavy (non-hydrogen) atoms. The van der Waals surface area contributed by atoms with Crippen LogP contribution in [0.3, 0.4) is 0 Å². The van der Waals surface area contributed by atoms with Crippen LogP contribution >= 0.6 is 0 Å². The Labute approximate surface area is 146 Å². The highest BCUT2D eigenvalue weighted by atomic mass is 32.2. The highest BCUT2D eigenvalue weighted by Crippen LogP contribution is 2.14. The van der Waals surface area contributed by atoms with Gasteiger partial charge in [0.1, 0.15) is 0 Å². The predicted octanol–water partition coefficient (Wildman–Crippen LogP) is 3.91. The first-order valence-electron chi connectivity index (χ1n) is 8.05. The molecule has 0 aliphatic rings. The van der Waals surface area contributed by atoms with E-state index in [-0.39, 0.29) is 6.03 Å². The normalized spacial score (nSPS) is 12.0. The number of hydrogen-bond acceptors (Lipinski definition) is 2. The zero-order valence-corrected chi connectivity index (χ0v) is 14.9. The van der Waals surface area contributed by atoms with Crippen molar-refractivity contribution in [2.75, 3.05) is 11.9 Å². The average molecular weight is 344 g/mol. The van der Waals surface area contributed by atoms with Gasteiger partial charge in [-0.15, -0.1) is 0 Å². The fourth-order valence-corrected chi connectivity index (χ4v) is 3.43. The Bertz CT molecular complexity index is 687. The van der Waals surface area contributed by atoms with Crippen LogP contribution in [0.2, 0.25) is 0 Å². The molecule has 0 aromatic heterocycles. The number of hydrogen-bond donors (Lipinski definition) is 2. The summed E-state index contributed by atoms with van der Waals surface area (Å²) < 4.78 is 12.3. The van der Waals surface area contributed by atoms with Crippen LogP contribution in [0, 0.1) is 5.92 Å². The Balaban J connectivity index is 1.90. The van der Waals surface area contributed by atoms with Gasteiger partial charge >= 0.3 is 6.03 Å². The van der Waals surface area contributed by atoms with E-state index in [1.165, 1.54) is 0 Å². The molecule has 0 fully saturated rings. The molecule has 4 nitrogen and oxygen atoms in total. The van der Waals surface area contributed by atoms with Crippen LogP contribution in [-0.2, 0) is 22.3 Å². The van der Waals surface area contributed by atoms with Gasteiger partial charge in [-0.05, 0) is 29.2 Å². The summed E-state index contributed by atoms with van der Waals surface area (Å²) in [6, 6.07) is 17.1. The number of nitrogens with one attached hydrogen (secondary N) is 2. The van der Waals surface area contributed by atoms with E-state index < -0.39 is 10.8 Å². The molecule has 0 heterocycles. The Morgan fingerprint density at radius 3 is 2.38 bits per heavy atom. The number of benzene rings is 2. The third-order valence-electron chi connectivity index (χ3n) is 3.35. The lowest BCUT2D eigenvalue weighted by molar-refractivity contribution is 0.251. The van der Waals surface area contributed by atoms with Crippen molar-refractivity contribution >= 4 is 22.5 Å². The number of carbonyl (C=O) groups excluding carboxylic acids is 1. The largest absolute Gasteiger partial charge is 0.338 e. The number of anilines is 1. The topological polar surface area (TPSA) is 58.2 Å². The molecule has 0 spiro atoms. The maximum Gasteiger partial charge on any atom is 0.319 e. The third-order valence-corrected chi connectivity index (χ3v) is 4.66. The van der Waals surface area contributed by atoms with E-state index in [1.807, 2.05) is 68.4 Å². The zero-order chi connectivity index (χ0) is 17.4. The number of urea groups is 1. The van der Waals surface area contributed by atoms with E-state index in [4.69, 9.17) is 0 Å². The second-order valence-electron chi connectivity index (χ2n) is 6.14. The lowest BCUT2D eigenvalue weighted by atomic mass is 10.2. The van der Waals surface area contributed by atoms with E-state index in [2.05, 4.69) is 10.6 Å². The highest BCUT2D eigenvalue weighted by Gasteiger charge is 2.06. The van der Waals surface area contributed by atoms with Crippen LogP contribution in [-0.4, -0.2) is 16.8 Å². The maximum atomic E-state index is 12.3. The molecule has 2 rings (SSSR count). The summed E-state index contributed by atoms with van der Waals surface area (Å²) >= 11 is 0. The van der Waals surface area contributed by atoms with Crippen LogP contribution in [0.5, 0.6) is 0 Å². The third kappa shape index (κ3) is 6.54. The van der Waals surface area contributed by atoms with Crippen molar-refractivity contribution in [2.24, 2.45) is 5.92 Å². The molecule has 0 aliphatic carbocycles. The van der Waals surface area contributed by atoms with Gasteiger partial charge in [0, 0.05) is 34.5 Å². The summed E-state index contributed by atoms with van der Waals surface area (Å²) in [7, 11) is -0.981. The molecule has 2 N–H and O–H groups in total. The molecule has 2 aromatic rings. The van der Waals surface area contributed by atoms with Crippen molar-refractivity contribution in [2.45, 2.75) is 25.4 Å². The van der Waals surface area contributed by atoms with Gasteiger partial charge in [-0.2, -0.15) is 0 Å². The van der Waals surface area contributed by atoms with E-state index >= 15 is 0 Å². The summed E-state index contributed by atoms with van der Waals surface area (Å²) in [5, 5.41) is 5.63. The molecule has 5 heteroatoms.